The van der Waals surface area contributed by atoms with Gasteiger partial charge in [-0.3, -0.25) is 0 Å². The van der Waals surface area contributed by atoms with Gasteiger partial charge in [0.2, 0.25) is 0 Å². The predicted molar refractivity (Wildman–Crippen MR) is 37.6 cm³/mol. The molecule has 0 aromatic heterocycles. The Kier molecular flexibility index (Phi) is 1.71. The van der Waals surface area contributed by atoms with Crippen LogP contribution in [0.15, 0.2) is 10.2 Å². The van der Waals surface area contributed by atoms with Gasteiger partial charge >= 0.3 is 0 Å². The van der Waals surface area contributed by atoms with Crippen LogP contribution >= 0.6 is 0 Å². The number of hydrogen-bond acceptors (Lipinski definition) is 3. The van der Waals surface area contributed by atoms with Gasteiger partial charge in [-0.05, 0) is 12.8 Å². The van der Waals surface area contributed by atoms with E-state index in [0.717, 1.165) is 12.8 Å². The minimum atomic E-state index is -0.464. The predicted octanol–water partition coefficient (Wildman–Crippen LogP) is 1.90. The third-order valence-corrected chi connectivity index (χ3v) is 2.05. The molecule has 0 bridgehead atoms. The van der Waals surface area contributed by atoms with Crippen molar-refractivity contribution in [3.63, 3.8) is 0 Å². The van der Waals surface area contributed by atoms with E-state index in [0.29, 0.717) is 0 Å². The van der Waals surface area contributed by atoms with Crippen molar-refractivity contribution >= 4 is 0 Å². The van der Waals surface area contributed by atoms with Crippen molar-refractivity contribution in [3.8, 4) is 6.07 Å². The first-order chi connectivity index (χ1) is 4.79. The SMILES string of the molecule is CCC1N=NC1(C#N)CC. The molecule has 10 heavy (non-hydrogen) atoms. The van der Waals surface area contributed by atoms with E-state index in [2.05, 4.69) is 16.3 Å². The molecule has 1 aliphatic heterocycles. The van der Waals surface area contributed by atoms with Crippen molar-refractivity contribution in [1.82, 2.24) is 0 Å². The minimum Gasteiger partial charge on any atom is -0.195 e. The van der Waals surface area contributed by atoms with Crippen molar-refractivity contribution in [2.45, 2.75) is 38.3 Å². The highest BCUT2D eigenvalue weighted by molar-refractivity contribution is 5.17. The number of nitrogens with zero attached hydrogens (tertiary/aromatic N) is 3. The van der Waals surface area contributed by atoms with Crippen molar-refractivity contribution in [2.75, 3.05) is 0 Å². The zero-order valence-electron chi connectivity index (χ0n) is 6.33. The lowest BCUT2D eigenvalue weighted by atomic mass is 9.86. The molecule has 0 fully saturated rings. The molecule has 0 amide bonds. The van der Waals surface area contributed by atoms with E-state index in [1.807, 2.05) is 13.8 Å². The van der Waals surface area contributed by atoms with Crippen LogP contribution in [0.1, 0.15) is 26.7 Å². The molecule has 2 atom stereocenters. The highest BCUT2D eigenvalue weighted by Crippen LogP contribution is 2.33. The minimum absolute atomic E-state index is 0.155. The van der Waals surface area contributed by atoms with Crippen LogP contribution in [0.3, 0.4) is 0 Å². The molecular weight excluding hydrogens is 126 g/mol. The largest absolute Gasteiger partial charge is 0.195 e. The molecule has 1 aliphatic rings. The van der Waals surface area contributed by atoms with Gasteiger partial charge in [0.25, 0.3) is 0 Å². The molecule has 0 spiro atoms. The number of nitriles is 1. The third kappa shape index (κ3) is 0.722. The summed E-state index contributed by atoms with van der Waals surface area (Å²) in [5.74, 6) is 0. The van der Waals surface area contributed by atoms with Crippen LogP contribution in [0, 0.1) is 11.3 Å². The lowest BCUT2D eigenvalue weighted by Crippen LogP contribution is -2.43. The molecule has 0 saturated carbocycles. The summed E-state index contributed by atoms with van der Waals surface area (Å²) in [5.41, 5.74) is -0.464. The maximum absolute atomic E-state index is 8.73. The van der Waals surface area contributed by atoms with Gasteiger partial charge in [-0.15, -0.1) is 0 Å². The zero-order chi connectivity index (χ0) is 7.61. The second-order valence-electron chi connectivity index (χ2n) is 2.53. The Balaban J connectivity index is 2.72. The fraction of sp³-hybridized carbons (Fsp3) is 0.857. The molecule has 0 N–H and O–H groups in total. The van der Waals surface area contributed by atoms with Gasteiger partial charge in [0.15, 0.2) is 5.54 Å². The highest BCUT2D eigenvalue weighted by atomic mass is 15.3. The first kappa shape index (κ1) is 7.20. The van der Waals surface area contributed by atoms with E-state index in [4.69, 9.17) is 5.26 Å². The molecule has 1 heterocycles. The van der Waals surface area contributed by atoms with Crippen molar-refractivity contribution < 1.29 is 0 Å². The molecule has 0 aromatic carbocycles. The van der Waals surface area contributed by atoms with E-state index < -0.39 is 5.54 Å². The summed E-state index contributed by atoms with van der Waals surface area (Å²) < 4.78 is 0. The van der Waals surface area contributed by atoms with E-state index in [9.17, 15) is 0 Å². The van der Waals surface area contributed by atoms with Crippen molar-refractivity contribution in [3.05, 3.63) is 0 Å². The second-order valence-corrected chi connectivity index (χ2v) is 2.53. The van der Waals surface area contributed by atoms with Crippen LogP contribution in [0.4, 0.5) is 0 Å². The molecular formula is C7H11N3. The molecule has 2 unspecified atom stereocenters. The Morgan fingerprint density at radius 2 is 2.30 bits per heavy atom. The fourth-order valence-corrected chi connectivity index (χ4v) is 1.18. The number of hydrogen-bond donors (Lipinski definition) is 0. The Morgan fingerprint density at radius 1 is 1.60 bits per heavy atom. The van der Waals surface area contributed by atoms with Crippen LogP contribution in [-0.4, -0.2) is 11.6 Å². The monoisotopic (exact) mass is 137 g/mol. The van der Waals surface area contributed by atoms with Gasteiger partial charge < -0.3 is 0 Å². The topological polar surface area (TPSA) is 48.5 Å². The smallest absolute Gasteiger partial charge is 0.191 e. The highest BCUT2D eigenvalue weighted by Gasteiger charge is 2.43. The standard InChI is InChI=1S/C7H11N3/c1-3-6-7(4-2,5-8)10-9-6/h6H,3-4H2,1-2H3. The summed E-state index contributed by atoms with van der Waals surface area (Å²) in [4.78, 5) is 0. The molecule has 0 radical (unpaired) electrons. The summed E-state index contributed by atoms with van der Waals surface area (Å²) in [5, 5.41) is 16.5. The van der Waals surface area contributed by atoms with Crippen LogP contribution in [-0.2, 0) is 0 Å². The summed E-state index contributed by atoms with van der Waals surface area (Å²) in [7, 11) is 0. The first-order valence-electron chi connectivity index (χ1n) is 3.62. The Bertz CT molecular complexity index is 192. The third-order valence-electron chi connectivity index (χ3n) is 2.05. The van der Waals surface area contributed by atoms with E-state index in [1.54, 1.807) is 0 Å². The summed E-state index contributed by atoms with van der Waals surface area (Å²) in [6.45, 7) is 4.01. The normalized spacial score (nSPS) is 36.7. The molecule has 0 aliphatic carbocycles. The quantitative estimate of drug-likeness (QED) is 0.573. The average Bonchev–Trinajstić information content (AvgIpc) is 1.90. The van der Waals surface area contributed by atoms with E-state index >= 15 is 0 Å². The summed E-state index contributed by atoms with van der Waals surface area (Å²) >= 11 is 0. The van der Waals surface area contributed by atoms with Crippen LogP contribution in [0.2, 0.25) is 0 Å². The van der Waals surface area contributed by atoms with E-state index in [1.165, 1.54) is 0 Å². The van der Waals surface area contributed by atoms with Crippen LogP contribution in [0.25, 0.3) is 0 Å². The van der Waals surface area contributed by atoms with Gasteiger partial charge in [-0.1, -0.05) is 13.8 Å². The van der Waals surface area contributed by atoms with E-state index in [-0.39, 0.29) is 6.04 Å². The second kappa shape index (κ2) is 2.37. The van der Waals surface area contributed by atoms with Gasteiger partial charge in [0.1, 0.15) is 6.04 Å². The van der Waals surface area contributed by atoms with Gasteiger partial charge in [0.05, 0.1) is 6.07 Å². The number of azo groups is 1. The molecule has 3 heteroatoms. The molecule has 1 rings (SSSR count). The fourth-order valence-electron chi connectivity index (χ4n) is 1.18. The summed E-state index contributed by atoms with van der Waals surface area (Å²) in [6, 6.07) is 2.36. The van der Waals surface area contributed by atoms with Gasteiger partial charge in [-0.2, -0.15) is 15.5 Å². The van der Waals surface area contributed by atoms with Gasteiger partial charge in [0, 0.05) is 0 Å². The first-order valence-corrected chi connectivity index (χ1v) is 3.62. The van der Waals surface area contributed by atoms with Crippen molar-refractivity contribution in [2.24, 2.45) is 10.2 Å². The molecule has 0 saturated heterocycles. The number of rotatable bonds is 2. The Labute approximate surface area is 60.8 Å². The van der Waals surface area contributed by atoms with Crippen LogP contribution < -0.4 is 0 Å². The van der Waals surface area contributed by atoms with Crippen molar-refractivity contribution in [1.29, 1.82) is 5.26 Å². The summed E-state index contributed by atoms with van der Waals surface area (Å²) in [6.07, 6.45) is 1.70. The molecule has 54 valence electrons. The van der Waals surface area contributed by atoms with Crippen LogP contribution in [0.5, 0.6) is 0 Å². The molecule has 0 aromatic rings. The lowest BCUT2D eigenvalue weighted by molar-refractivity contribution is 0.300. The Hall–Kier alpha value is -0.910. The average molecular weight is 137 g/mol. The lowest BCUT2D eigenvalue weighted by Gasteiger charge is -2.32. The maximum Gasteiger partial charge on any atom is 0.191 e. The Morgan fingerprint density at radius 3 is 2.40 bits per heavy atom. The zero-order valence-corrected chi connectivity index (χ0v) is 6.33. The molecule has 3 nitrogen and oxygen atoms in total. The maximum atomic E-state index is 8.73. The van der Waals surface area contributed by atoms with Gasteiger partial charge in [-0.25, -0.2) is 0 Å².